The Kier molecular flexibility index (Phi) is 5.42. The molecule has 0 unspecified atom stereocenters. The maximum atomic E-state index is 11.4. The average molecular weight is 237 g/mol. The molecule has 0 aliphatic heterocycles. The van der Waals surface area contributed by atoms with Gasteiger partial charge < -0.3 is 15.0 Å². The van der Waals surface area contributed by atoms with Crippen molar-refractivity contribution in [3.05, 3.63) is 23.9 Å². The Morgan fingerprint density at radius 1 is 1.59 bits per heavy atom. The van der Waals surface area contributed by atoms with Crippen molar-refractivity contribution < 1.29 is 9.53 Å². The molecule has 0 aliphatic carbocycles. The molecule has 0 bridgehead atoms. The first-order valence-corrected chi connectivity index (χ1v) is 5.59. The standard InChI is InChI=1S/C12H19N3O2/c1-13-6-4-8-15(2)11-9-10(5-7-14-11)12(16)17-3/h5,7,9,13H,4,6,8H2,1-3H3. The minimum Gasteiger partial charge on any atom is -0.465 e. The van der Waals surface area contributed by atoms with Gasteiger partial charge in [0, 0.05) is 19.8 Å². The van der Waals surface area contributed by atoms with E-state index in [4.69, 9.17) is 0 Å². The summed E-state index contributed by atoms with van der Waals surface area (Å²) in [6, 6.07) is 3.39. The fourth-order valence-corrected chi connectivity index (χ4v) is 1.48. The Morgan fingerprint density at radius 3 is 3.00 bits per heavy atom. The van der Waals surface area contributed by atoms with E-state index >= 15 is 0 Å². The third kappa shape index (κ3) is 4.03. The van der Waals surface area contributed by atoms with Crippen molar-refractivity contribution in [3.8, 4) is 0 Å². The van der Waals surface area contributed by atoms with Crippen molar-refractivity contribution in [3.63, 3.8) is 0 Å². The summed E-state index contributed by atoms with van der Waals surface area (Å²) in [6.07, 6.45) is 2.65. The maximum absolute atomic E-state index is 11.4. The molecular formula is C12H19N3O2. The van der Waals surface area contributed by atoms with E-state index in [2.05, 4.69) is 15.0 Å². The zero-order valence-electron chi connectivity index (χ0n) is 10.6. The van der Waals surface area contributed by atoms with Crippen LogP contribution >= 0.6 is 0 Å². The molecule has 1 rings (SSSR count). The van der Waals surface area contributed by atoms with Gasteiger partial charge >= 0.3 is 5.97 Å². The highest BCUT2D eigenvalue weighted by atomic mass is 16.5. The Balaban J connectivity index is 2.67. The highest BCUT2D eigenvalue weighted by Crippen LogP contribution is 2.12. The molecule has 0 atom stereocenters. The van der Waals surface area contributed by atoms with Crippen molar-refractivity contribution in [1.82, 2.24) is 10.3 Å². The van der Waals surface area contributed by atoms with Gasteiger partial charge in [-0.1, -0.05) is 0 Å². The lowest BCUT2D eigenvalue weighted by Crippen LogP contribution is -2.23. The van der Waals surface area contributed by atoms with Gasteiger partial charge in [-0.25, -0.2) is 9.78 Å². The molecule has 1 N–H and O–H groups in total. The summed E-state index contributed by atoms with van der Waals surface area (Å²) < 4.78 is 4.67. The molecule has 1 aromatic heterocycles. The van der Waals surface area contributed by atoms with Gasteiger partial charge in [-0.15, -0.1) is 0 Å². The number of nitrogens with one attached hydrogen (secondary N) is 1. The summed E-state index contributed by atoms with van der Waals surface area (Å²) in [5.74, 6) is 0.446. The fourth-order valence-electron chi connectivity index (χ4n) is 1.48. The van der Waals surface area contributed by atoms with Crippen molar-refractivity contribution in [2.45, 2.75) is 6.42 Å². The zero-order valence-corrected chi connectivity index (χ0v) is 10.6. The number of ether oxygens (including phenoxy) is 1. The minimum absolute atomic E-state index is 0.336. The lowest BCUT2D eigenvalue weighted by Gasteiger charge is -2.18. The Morgan fingerprint density at radius 2 is 2.35 bits per heavy atom. The molecule has 1 heterocycles. The van der Waals surface area contributed by atoms with E-state index in [-0.39, 0.29) is 5.97 Å². The van der Waals surface area contributed by atoms with Crippen LogP contribution in [0.15, 0.2) is 18.3 Å². The molecular weight excluding hydrogens is 218 g/mol. The maximum Gasteiger partial charge on any atom is 0.338 e. The van der Waals surface area contributed by atoms with Gasteiger partial charge in [-0.2, -0.15) is 0 Å². The van der Waals surface area contributed by atoms with Crippen LogP contribution in [0, 0.1) is 0 Å². The van der Waals surface area contributed by atoms with E-state index in [1.165, 1.54) is 7.11 Å². The minimum atomic E-state index is -0.336. The predicted molar refractivity (Wildman–Crippen MR) is 67.4 cm³/mol. The third-order valence-corrected chi connectivity index (χ3v) is 2.48. The predicted octanol–water partition coefficient (Wildman–Crippen LogP) is 0.914. The molecule has 0 aliphatic rings. The first-order valence-electron chi connectivity index (χ1n) is 5.59. The number of nitrogens with zero attached hydrogens (tertiary/aromatic N) is 2. The second-order valence-electron chi connectivity index (χ2n) is 3.77. The molecule has 5 heteroatoms. The quantitative estimate of drug-likeness (QED) is 0.589. The smallest absolute Gasteiger partial charge is 0.338 e. The van der Waals surface area contributed by atoms with Gasteiger partial charge in [0.15, 0.2) is 0 Å². The number of pyridine rings is 1. The normalized spacial score (nSPS) is 10.1. The first-order chi connectivity index (χ1) is 8.19. The van der Waals surface area contributed by atoms with Crippen LogP contribution < -0.4 is 10.2 Å². The van der Waals surface area contributed by atoms with E-state index in [0.29, 0.717) is 5.56 Å². The zero-order chi connectivity index (χ0) is 12.7. The fraction of sp³-hybridized carbons (Fsp3) is 0.500. The van der Waals surface area contributed by atoms with Gasteiger partial charge in [0.05, 0.1) is 12.7 Å². The Hall–Kier alpha value is -1.62. The number of anilines is 1. The van der Waals surface area contributed by atoms with E-state index in [9.17, 15) is 4.79 Å². The third-order valence-electron chi connectivity index (χ3n) is 2.48. The monoisotopic (exact) mass is 237 g/mol. The first kappa shape index (κ1) is 13.4. The van der Waals surface area contributed by atoms with E-state index in [1.54, 1.807) is 18.3 Å². The van der Waals surface area contributed by atoms with Gasteiger partial charge in [0.1, 0.15) is 5.82 Å². The van der Waals surface area contributed by atoms with Gasteiger partial charge in [0.2, 0.25) is 0 Å². The molecule has 94 valence electrons. The molecule has 0 spiro atoms. The number of aromatic nitrogens is 1. The van der Waals surface area contributed by atoms with Crippen LogP contribution in [0.4, 0.5) is 5.82 Å². The molecule has 0 amide bonds. The highest BCUT2D eigenvalue weighted by Gasteiger charge is 2.08. The number of hydrogen-bond donors (Lipinski definition) is 1. The van der Waals surface area contributed by atoms with Crippen molar-refractivity contribution in [1.29, 1.82) is 0 Å². The van der Waals surface area contributed by atoms with Crippen LogP contribution in [0.5, 0.6) is 0 Å². The number of hydrogen-bond acceptors (Lipinski definition) is 5. The van der Waals surface area contributed by atoms with E-state index in [0.717, 1.165) is 25.3 Å². The second-order valence-corrected chi connectivity index (χ2v) is 3.77. The molecule has 0 saturated carbocycles. The molecule has 5 nitrogen and oxygen atoms in total. The van der Waals surface area contributed by atoms with Crippen LogP contribution in [0.2, 0.25) is 0 Å². The molecule has 0 saturated heterocycles. The topological polar surface area (TPSA) is 54.5 Å². The average Bonchev–Trinajstić information content (AvgIpc) is 2.38. The van der Waals surface area contributed by atoms with Crippen molar-refractivity contribution in [2.75, 3.05) is 39.2 Å². The Labute approximate surface area is 102 Å². The van der Waals surface area contributed by atoms with Gasteiger partial charge in [-0.3, -0.25) is 0 Å². The van der Waals surface area contributed by atoms with Gasteiger partial charge in [0.25, 0.3) is 0 Å². The van der Waals surface area contributed by atoms with E-state index < -0.39 is 0 Å². The molecule has 0 aromatic carbocycles. The van der Waals surface area contributed by atoms with E-state index in [1.807, 2.05) is 19.0 Å². The largest absolute Gasteiger partial charge is 0.465 e. The SMILES string of the molecule is CNCCCN(C)c1cc(C(=O)OC)ccn1. The van der Waals surface area contributed by atoms with Crippen LogP contribution in [0.25, 0.3) is 0 Å². The van der Waals surface area contributed by atoms with Crippen LogP contribution in [-0.2, 0) is 4.74 Å². The number of rotatable bonds is 6. The summed E-state index contributed by atoms with van der Waals surface area (Å²) in [5, 5.41) is 3.09. The lowest BCUT2D eigenvalue weighted by atomic mass is 10.2. The summed E-state index contributed by atoms with van der Waals surface area (Å²) in [7, 11) is 5.26. The lowest BCUT2D eigenvalue weighted by molar-refractivity contribution is 0.0600. The molecule has 17 heavy (non-hydrogen) atoms. The second kappa shape index (κ2) is 6.85. The summed E-state index contributed by atoms with van der Waals surface area (Å²) in [6.45, 7) is 1.85. The van der Waals surface area contributed by atoms with Crippen molar-refractivity contribution >= 4 is 11.8 Å². The summed E-state index contributed by atoms with van der Waals surface area (Å²) >= 11 is 0. The number of methoxy groups -OCH3 is 1. The number of esters is 1. The molecule has 0 radical (unpaired) electrons. The highest BCUT2D eigenvalue weighted by molar-refractivity contribution is 5.90. The summed E-state index contributed by atoms with van der Waals surface area (Å²) in [4.78, 5) is 17.6. The molecule has 1 aromatic rings. The van der Waals surface area contributed by atoms with Crippen molar-refractivity contribution in [2.24, 2.45) is 0 Å². The number of carbonyl (C=O) groups excluding carboxylic acids is 1. The van der Waals surface area contributed by atoms with Crippen LogP contribution in [-0.4, -0.2) is 45.2 Å². The van der Waals surface area contributed by atoms with Crippen LogP contribution in [0.3, 0.4) is 0 Å². The molecule has 0 fully saturated rings. The number of carbonyl (C=O) groups is 1. The van der Waals surface area contributed by atoms with Crippen LogP contribution in [0.1, 0.15) is 16.8 Å². The summed E-state index contributed by atoms with van der Waals surface area (Å²) in [5.41, 5.74) is 0.526. The van der Waals surface area contributed by atoms with Gasteiger partial charge in [-0.05, 0) is 32.1 Å². The Bertz CT molecular complexity index is 369.